The van der Waals surface area contributed by atoms with Gasteiger partial charge in [0.05, 0.1) is 0 Å². The summed E-state index contributed by atoms with van der Waals surface area (Å²) in [6, 6.07) is 10.2. The van der Waals surface area contributed by atoms with Gasteiger partial charge in [0.25, 0.3) is 0 Å². The molecule has 0 radical (unpaired) electrons. The number of amides is 2. The molecule has 1 aromatic carbocycles. The molecular weight excluding hydrogens is 250 g/mol. The van der Waals surface area contributed by atoms with E-state index in [0.29, 0.717) is 25.6 Å². The summed E-state index contributed by atoms with van der Waals surface area (Å²) in [5, 5.41) is 0. The normalized spacial score (nSPS) is 18.9. The number of hydrogen-bond acceptors (Lipinski definition) is 2. The maximum absolute atomic E-state index is 12.6. The van der Waals surface area contributed by atoms with Crippen molar-refractivity contribution in [1.82, 2.24) is 9.80 Å². The van der Waals surface area contributed by atoms with Crippen LogP contribution in [-0.4, -0.2) is 42.0 Å². The lowest BCUT2D eigenvalue weighted by Gasteiger charge is -2.35. The molecular formula is C16H25N3O. The van der Waals surface area contributed by atoms with Crippen molar-refractivity contribution in [2.75, 3.05) is 26.2 Å². The van der Waals surface area contributed by atoms with Crippen LogP contribution < -0.4 is 5.73 Å². The first-order chi connectivity index (χ1) is 9.70. The number of carbonyl (C=O) groups excluding carboxylic acids is 1. The van der Waals surface area contributed by atoms with E-state index in [-0.39, 0.29) is 6.03 Å². The summed E-state index contributed by atoms with van der Waals surface area (Å²) < 4.78 is 0. The number of carbonyl (C=O) groups is 1. The smallest absolute Gasteiger partial charge is 0.320 e. The second-order valence-corrected chi connectivity index (χ2v) is 5.67. The molecule has 1 fully saturated rings. The van der Waals surface area contributed by atoms with Crippen LogP contribution in [0.3, 0.4) is 0 Å². The molecule has 4 nitrogen and oxygen atoms in total. The minimum atomic E-state index is 0.130. The molecule has 1 aliphatic rings. The van der Waals surface area contributed by atoms with E-state index in [1.54, 1.807) is 0 Å². The third-order valence-corrected chi connectivity index (χ3v) is 3.81. The molecule has 0 spiro atoms. The standard InChI is InChI=1S/C16H25N3O/c1-14-6-5-10-18(12-14)16(20)19(11-9-17)13-15-7-3-2-4-8-15/h2-4,7-8,14H,5-6,9-13,17H2,1H3. The van der Waals surface area contributed by atoms with Crippen molar-refractivity contribution >= 4 is 6.03 Å². The molecule has 1 unspecified atom stereocenters. The molecule has 2 amide bonds. The van der Waals surface area contributed by atoms with E-state index in [1.165, 1.54) is 6.42 Å². The number of piperidine rings is 1. The molecule has 20 heavy (non-hydrogen) atoms. The molecule has 1 saturated heterocycles. The van der Waals surface area contributed by atoms with Crippen LogP contribution in [-0.2, 0) is 6.54 Å². The SMILES string of the molecule is CC1CCCN(C(=O)N(CCN)Cc2ccccc2)C1. The Morgan fingerprint density at radius 1 is 1.40 bits per heavy atom. The Bertz CT molecular complexity index is 421. The Labute approximate surface area is 121 Å². The number of benzene rings is 1. The van der Waals surface area contributed by atoms with Crippen LogP contribution in [0.15, 0.2) is 30.3 Å². The van der Waals surface area contributed by atoms with Crippen molar-refractivity contribution in [3.05, 3.63) is 35.9 Å². The van der Waals surface area contributed by atoms with Crippen LogP contribution in [0.2, 0.25) is 0 Å². The summed E-state index contributed by atoms with van der Waals surface area (Å²) in [7, 11) is 0. The van der Waals surface area contributed by atoms with Gasteiger partial charge in [-0.2, -0.15) is 0 Å². The Balaban J connectivity index is 2.01. The fourth-order valence-corrected chi connectivity index (χ4v) is 2.77. The Morgan fingerprint density at radius 3 is 2.80 bits per heavy atom. The van der Waals surface area contributed by atoms with Crippen molar-refractivity contribution in [3.63, 3.8) is 0 Å². The second-order valence-electron chi connectivity index (χ2n) is 5.67. The van der Waals surface area contributed by atoms with Crippen LogP contribution >= 0.6 is 0 Å². The van der Waals surface area contributed by atoms with Gasteiger partial charge in [0.1, 0.15) is 0 Å². The zero-order chi connectivity index (χ0) is 14.4. The molecule has 2 N–H and O–H groups in total. The molecule has 0 aliphatic carbocycles. The number of likely N-dealkylation sites (tertiary alicyclic amines) is 1. The van der Waals surface area contributed by atoms with Crippen LogP contribution in [0, 0.1) is 5.92 Å². The van der Waals surface area contributed by atoms with E-state index in [0.717, 1.165) is 25.1 Å². The summed E-state index contributed by atoms with van der Waals surface area (Å²) in [6.07, 6.45) is 2.33. The molecule has 1 aromatic rings. The highest BCUT2D eigenvalue weighted by Crippen LogP contribution is 2.17. The summed E-state index contributed by atoms with van der Waals surface area (Å²) in [5.74, 6) is 0.601. The lowest BCUT2D eigenvalue weighted by molar-refractivity contribution is 0.130. The average molecular weight is 275 g/mol. The first-order valence-electron chi connectivity index (χ1n) is 7.48. The number of nitrogens with zero attached hydrogens (tertiary/aromatic N) is 2. The second kappa shape index (κ2) is 7.29. The van der Waals surface area contributed by atoms with Crippen molar-refractivity contribution < 1.29 is 4.79 Å². The van der Waals surface area contributed by atoms with Crippen LogP contribution in [0.5, 0.6) is 0 Å². The van der Waals surface area contributed by atoms with Gasteiger partial charge in [-0.15, -0.1) is 0 Å². The molecule has 1 aliphatic heterocycles. The van der Waals surface area contributed by atoms with Gasteiger partial charge >= 0.3 is 6.03 Å². The van der Waals surface area contributed by atoms with Crippen LogP contribution in [0.1, 0.15) is 25.3 Å². The number of urea groups is 1. The maximum Gasteiger partial charge on any atom is 0.320 e. The molecule has 2 rings (SSSR count). The third kappa shape index (κ3) is 3.97. The first kappa shape index (κ1) is 14.9. The monoisotopic (exact) mass is 275 g/mol. The molecule has 1 atom stereocenters. The van der Waals surface area contributed by atoms with E-state index < -0.39 is 0 Å². The van der Waals surface area contributed by atoms with Gasteiger partial charge in [-0.1, -0.05) is 37.3 Å². The molecule has 4 heteroatoms. The maximum atomic E-state index is 12.6. The van der Waals surface area contributed by atoms with Crippen LogP contribution in [0.25, 0.3) is 0 Å². The fourth-order valence-electron chi connectivity index (χ4n) is 2.77. The number of nitrogens with two attached hydrogens (primary N) is 1. The highest BCUT2D eigenvalue weighted by Gasteiger charge is 2.24. The third-order valence-electron chi connectivity index (χ3n) is 3.81. The van der Waals surface area contributed by atoms with E-state index in [1.807, 2.05) is 28.0 Å². The van der Waals surface area contributed by atoms with Crippen LogP contribution in [0.4, 0.5) is 4.79 Å². The zero-order valence-electron chi connectivity index (χ0n) is 12.3. The van der Waals surface area contributed by atoms with Crippen molar-refractivity contribution in [3.8, 4) is 0 Å². The largest absolute Gasteiger partial charge is 0.329 e. The minimum Gasteiger partial charge on any atom is -0.329 e. The first-order valence-corrected chi connectivity index (χ1v) is 7.48. The Morgan fingerprint density at radius 2 is 2.15 bits per heavy atom. The predicted molar refractivity (Wildman–Crippen MR) is 81.3 cm³/mol. The summed E-state index contributed by atoms with van der Waals surface area (Å²) in [6.45, 7) is 5.71. The predicted octanol–water partition coefficient (Wildman–Crippen LogP) is 2.30. The van der Waals surface area contributed by atoms with Gasteiger partial charge in [-0.25, -0.2) is 4.79 Å². The van der Waals surface area contributed by atoms with Gasteiger partial charge < -0.3 is 15.5 Å². The fraction of sp³-hybridized carbons (Fsp3) is 0.562. The number of rotatable bonds is 4. The average Bonchev–Trinajstić information content (AvgIpc) is 2.47. The topological polar surface area (TPSA) is 49.6 Å². The van der Waals surface area contributed by atoms with E-state index in [4.69, 9.17) is 5.73 Å². The minimum absolute atomic E-state index is 0.130. The van der Waals surface area contributed by atoms with Crippen molar-refractivity contribution in [2.24, 2.45) is 11.7 Å². The summed E-state index contributed by atoms with van der Waals surface area (Å²) in [4.78, 5) is 16.5. The summed E-state index contributed by atoms with van der Waals surface area (Å²) >= 11 is 0. The highest BCUT2D eigenvalue weighted by molar-refractivity contribution is 5.74. The van der Waals surface area contributed by atoms with Gasteiger partial charge in [-0.05, 0) is 24.3 Å². The Kier molecular flexibility index (Phi) is 5.41. The highest BCUT2D eigenvalue weighted by atomic mass is 16.2. The van der Waals surface area contributed by atoms with Crippen molar-refractivity contribution in [1.29, 1.82) is 0 Å². The van der Waals surface area contributed by atoms with Gasteiger partial charge in [0.2, 0.25) is 0 Å². The molecule has 110 valence electrons. The lowest BCUT2D eigenvalue weighted by atomic mass is 10.0. The molecule has 0 aromatic heterocycles. The van der Waals surface area contributed by atoms with Gasteiger partial charge in [0, 0.05) is 32.7 Å². The molecule has 1 heterocycles. The molecule has 0 bridgehead atoms. The van der Waals surface area contributed by atoms with Crippen molar-refractivity contribution in [2.45, 2.75) is 26.3 Å². The number of hydrogen-bond donors (Lipinski definition) is 1. The van der Waals surface area contributed by atoms with E-state index in [9.17, 15) is 4.79 Å². The van der Waals surface area contributed by atoms with Gasteiger partial charge in [-0.3, -0.25) is 0 Å². The Hall–Kier alpha value is -1.55. The van der Waals surface area contributed by atoms with E-state index in [2.05, 4.69) is 19.1 Å². The zero-order valence-corrected chi connectivity index (χ0v) is 12.3. The quantitative estimate of drug-likeness (QED) is 0.916. The summed E-state index contributed by atoms with van der Waals surface area (Å²) in [5.41, 5.74) is 6.82. The van der Waals surface area contributed by atoms with E-state index >= 15 is 0 Å². The molecule has 0 saturated carbocycles. The lowest BCUT2D eigenvalue weighted by Crippen LogP contribution is -2.48. The van der Waals surface area contributed by atoms with Gasteiger partial charge in [0.15, 0.2) is 0 Å².